The molecule has 0 bridgehead atoms. The molecule has 2 N–H and O–H groups in total. The van der Waals surface area contributed by atoms with Crippen LogP contribution in [0.2, 0.25) is 0 Å². The third-order valence-electron chi connectivity index (χ3n) is 4.98. The molecule has 9 heteroatoms. The van der Waals surface area contributed by atoms with Gasteiger partial charge < -0.3 is 14.7 Å². The fraction of sp³-hybridized carbons (Fsp3) is 0.200. The number of fused-ring (bicyclic) bond motifs is 2. The summed E-state index contributed by atoms with van der Waals surface area (Å²) >= 11 is 0. The maximum absolute atomic E-state index is 11.9. The summed E-state index contributed by atoms with van der Waals surface area (Å²) in [6, 6.07) is 13.5. The zero-order chi connectivity index (χ0) is 20.0. The molecule has 0 aliphatic carbocycles. The molecule has 5 rings (SSSR count). The second kappa shape index (κ2) is 6.71. The number of hydrogen-bond acceptors (Lipinski definition) is 6. The lowest BCUT2D eigenvalue weighted by Crippen LogP contribution is -2.34. The van der Waals surface area contributed by atoms with Crippen molar-refractivity contribution < 1.29 is 12.8 Å². The normalized spacial score (nSPS) is 14.8. The summed E-state index contributed by atoms with van der Waals surface area (Å²) < 4.78 is 31.3. The van der Waals surface area contributed by atoms with Gasteiger partial charge in [-0.25, -0.2) is 13.4 Å². The van der Waals surface area contributed by atoms with Crippen molar-refractivity contribution in [3.63, 3.8) is 0 Å². The van der Waals surface area contributed by atoms with Gasteiger partial charge in [0.05, 0.1) is 6.26 Å². The average Bonchev–Trinajstić information content (AvgIpc) is 3.33. The van der Waals surface area contributed by atoms with Crippen molar-refractivity contribution in [1.82, 2.24) is 19.3 Å². The van der Waals surface area contributed by atoms with E-state index in [1.165, 1.54) is 10.6 Å². The standard InChI is InChI=1S/C20H19N5O3S/c1-29(26,27)25-10-8-16-13(12-25)11-17(28-16)18-15-7-9-21-19(15)24-20(23-18)22-14-5-3-2-4-6-14/h2-7,9,11H,8,10,12H2,1H3,(H2,21,22,23,24). The Labute approximate surface area is 167 Å². The van der Waals surface area contributed by atoms with Crippen molar-refractivity contribution in [3.05, 3.63) is 60.0 Å². The van der Waals surface area contributed by atoms with E-state index in [1.807, 2.05) is 48.7 Å². The number of para-hydroxylation sites is 1. The third kappa shape index (κ3) is 3.39. The predicted octanol–water partition coefficient (Wildman–Crippen LogP) is 3.28. The van der Waals surface area contributed by atoms with Crippen LogP contribution >= 0.6 is 0 Å². The minimum atomic E-state index is -3.24. The molecule has 0 radical (unpaired) electrons. The molecule has 0 fully saturated rings. The highest BCUT2D eigenvalue weighted by molar-refractivity contribution is 7.88. The fourth-order valence-corrected chi connectivity index (χ4v) is 4.34. The van der Waals surface area contributed by atoms with Crippen LogP contribution < -0.4 is 5.32 Å². The molecule has 1 aliphatic heterocycles. The summed E-state index contributed by atoms with van der Waals surface area (Å²) in [5.41, 5.74) is 3.11. The molecule has 8 nitrogen and oxygen atoms in total. The van der Waals surface area contributed by atoms with Crippen LogP contribution in [0.1, 0.15) is 11.3 Å². The minimum absolute atomic E-state index is 0.314. The lowest BCUT2D eigenvalue weighted by Gasteiger charge is -2.23. The maximum Gasteiger partial charge on any atom is 0.229 e. The van der Waals surface area contributed by atoms with Crippen molar-refractivity contribution in [3.8, 4) is 11.5 Å². The van der Waals surface area contributed by atoms with E-state index in [1.54, 1.807) is 0 Å². The maximum atomic E-state index is 11.9. The van der Waals surface area contributed by atoms with E-state index < -0.39 is 10.0 Å². The molecule has 0 spiro atoms. The van der Waals surface area contributed by atoms with Crippen molar-refractivity contribution in [2.24, 2.45) is 0 Å². The highest BCUT2D eigenvalue weighted by Gasteiger charge is 2.27. The molecule has 29 heavy (non-hydrogen) atoms. The number of anilines is 2. The first-order chi connectivity index (χ1) is 14.0. The van der Waals surface area contributed by atoms with Gasteiger partial charge >= 0.3 is 0 Å². The molecular weight excluding hydrogens is 390 g/mol. The van der Waals surface area contributed by atoms with Gasteiger partial charge in [0.2, 0.25) is 16.0 Å². The smallest absolute Gasteiger partial charge is 0.229 e. The van der Waals surface area contributed by atoms with Gasteiger partial charge in [0.1, 0.15) is 17.1 Å². The SMILES string of the molecule is CS(=O)(=O)N1CCc2oc(-c3nc(Nc4ccccc4)nc4[nH]ccc34)cc2C1. The van der Waals surface area contributed by atoms with Gasteiger partial charge in [-0.3, -0.25) is 0 Å². The Hall–Kier alpha value is -3.17. The zero-order valence-electron chi connectivity index (χ0n) is 15.7. The van der Waals surface area contributed by atoms with E-state index in [-0.39, 0.29) is 0 Å². The first-order valence-electron chi connectivity index (χ1n) is 9.22. The summed E-state index contributed by atoms with van der Waals surface area (Å²) in [5, 5.41) is 4.06. The Morgan fingerprint density at radius 3 is 2.79 bits per heavy atom. The second-order valence-electron chi connectivity index (χ2n) is 7.03. The number of aromatic nitrogens is 3. The fourth-order valence-electron chi connectivity index (χ4n) is 3.54. The van der Waals surface area contributed by atoms with Crippen molar-refractivity contribution in [1.29, 1.82) is 0 Å². The highest BCUT2D eigenvalue weighted by Crippen LogP contribution is 2.33. The van der Waals surface area contributed by atoms with Crippen molar-refractivity contribution in [2.45, 2.75) is 13.0 Å². The monoisotopic (exact) mass is 409 g/mol. The van der Waals surface area contributed by atoms with E-state index in [2.05, 4.69) is 20.3 Å². The molecule has 1 aromatic carbocycles. The number of nitrogens with zero attached hydrogens (tertiary/aromatic N) is 3. The van der Waals surface area contributed by atoms with Gasteiger partial charge in [0.25, 0.3) is 0 Å². The van der Waals surface area contributed by atoms with E-state index in [9.17, 15) is 8.42 Å². The van der Waals surface area contributed by atoms with Gasteiger partial charge in [0, 0.05) is 42.3 Å². The molecule has 3 aromatic heterocycles. The van der Waals surface area contributed by atoms with Crippen LogP contribution in [0.3, 0.4) is 0 Å². The quantitative estimate of drug-likeness (QED) is 0.536. The molecule has 0 atom stereocenters. The number of aromatic amines is 1. The number of hydrogen-bond donors (Lipinski definition) is 2. The average molecular weight is 409 g/mol. The van der Waals surface area contributed by atoms with Gasteiger partial charge in [-0.15, -0.1) is 0 Å². The number of H-pyrrole nitrogens is 1. The number of nitrogens with one attached hydrogen (secondary N) is 2. The van der Waals surface area contributed by atoms with Gasteiger partial charge in [0.15, 0.2) is 5.76 Å². The lowest BCUT2D eigenvalue weighted by molar-refractivity contribution is 0.366. The molecule has 4 heterocycles. The molecular formula is C20H19N5O3S. The Balaban J connectivity index is 1.55. The molecule has 0 unspecified atom stereocenters. The Bertz CT molecular complexity index is 1290. The molecule has 1 aliphatic rings. The van der Waals surface area contributed by atoms with Crippen molar-refractivity contribution >= 4 is 32.7 Å². The van der Waals surface area contributed by atoms with Crippen LogP contribution in [0, 0.1) is 0 Å². The van der Waals surface area contributed by atoms with Crippen LogP contribution in [0.15, 0.2) is 53.1 Å². The van der Waals surface area contributed by atoms with Crippen LogP contribution in [0.4, 0.5) is 11.6 Å². The first kappa shape index (κ1) is 17.9. The highest BCUT2D eigenvalue weighted by atomic mass is 32.2. The summed E-state index contributed by atoms with van der Waals surface area (Å²) in [6.07, 6.45) is 3.58. The number of benzene rings is 1. The largest absolute Gasteiger partial charge is 0.459 e. The Morgan fingerprint density at radius 2 is 2.00 bits per heavy atom. The summed E-state index contributed by atoms with van der Waals surface area (Å²) in [7, 11) is -3.24. The minimum Gasteiger partial charge on any atom is -0.459 e. The summed E-state index contributed by atoms with van der Waals surface area (Å²) in [4.78, 5) is 12.3. The van der Waals surface area contributed by atoms with E-state index in [0.717, 1.165) is 22.4 Å². The lowest BCUT2D eigenvalue weighted by atomic mass is 10.1. The summed E-state index contributed by atoms with van der Waals surface area (Å²) in [5.74, 6) is 1.86. The first-order valence-corrected chi connectivity index (χ1v) is 11.1. The predicted molar refractivity (Wildman–Crippen MR) is 110 cm³/mol. The Kier molecular flexibility index (Phi) is 4.14. The third-order valence-corrected chi connectivity index (χ3v) is 6.23. The van der Waals surface area contributed by atoms with Gasteiger partial charge in [-0.2, -0.15) is 9.29 Å². The van der Waals surface area contributed by atoms with Crippen LogP contribution in [0.25, 0.3) is 22.5 Å². The number of sulfonamides is 1. The molecule has 148 valence electrons. The molecule has 4 aromatic rings. The van der Waals surface area contributed by atoms with Crippen LogP contribution in [-0.2, 0) is 23.0 Å². The number of rotatable bonds is 4. The second-order valence-corrected chi connectivity index (χ2v) is 9.01. The molecule has 0 amide bonds. The Morgan fingerprint density at radius 1 is 1.17 bits per heavy atom. The van der Waals surface area contributed by atoms with Crippen LogP contribution in [-0.4, -0.2) is 40.5 Å². The molecule has 0 saturated carbocycles. The van der Waals surface area contributed by atoms with Crippen LogP contribution in [0.5, 0.6) is 0 Å². The van der Waals surface area contributed by atoms with Gasteiger partial charge in [-0.1, -0.05) is 18.2 Å². The van der Waals surface area contributed by atoms with Gasteiger partial charge in [-0.05, 0) is 24.3 Å². The van der Waals surface area contributed by atoms with Crippen molar-refractivity contribution in [2.75, 3.05) is 18.1 Å². The number of furan rings is 1. The summed E-state index contributed by atoms with van der Waals surface area (Å²) in [6.45, 7) is 0.733. The molecule has 0 saturated heterocycles. The van der Waals surface area contributed by atoms with E-state index >= 15 is 0 Å². The zero-order valence-corrected chi connectivity index (χ0v) is 16.5. The van der Waals surface area contributed by atoms with E-state index in [4.69, 9.17) is 4.42 Å². The van der Waals surface area contributed by atoms with E-state index in [0.29, 0.717) is 42.6 Å². The topological polar surface area (TPSA) is 104 Å².